The summed E-state index contributed by atoms with van der Waals surface area (Å²) in [7, 11) is 2.36. The minimum absolute atomic E-state index is 0.0446. The fraction of sp³-hybridized carbons (Fsp3) is 0.100. The number of hydrogen-bond acceptors (Lipinski definition) is 4. The first-order chi connectivity index (χ1) is 22.7. The second-order valence-corrected chi connectivity index (χ2v) is 11.7. The van der Waals surface area contributed by atoms with Gasteiger partial charge in [-0.15, -0.1) is 0 Å². The molecule has 0 bridgehead atoms. The number of para-hydroxylation sites is 1. The summed E-state index contributed by atoms with van der Waals surface area (Å²) < 4.78 is 30.8. The number of rotatable bonds is 12. The summed E-state index contributed by atoms with van der Waals surface area (Å²) in [4.78, 5) is 0. The fourth-order valence-electron chi connectivity index (χ4n) is 5.71. The predicted molar refractivity (Wildman–Crippen MR) is 192 cm³/mol. The molecule has 0 saturated heterocycles. The second kappa shape index (κ2) is 15.1. The number of aryl methyl sites for hydroxylation is 1. The van der Waals surface area contributed by atoms with Crippen LogP contribution in [0.3, 0.4) is 0 Å². The highest BCUT2D eigenvalue weighted by Crippen LogP contribution is 2.41. The first-order valence-corrected chi connectivity index (χ1v) is 16.4. The van der Waals surface area contributed by atoms with Crippen LogP contribution in [-0.4, -0.2) is 13.2 Å². The Morgan fingerprint density at radius 1 is 0.587 bits per heavy atom. The summed E-state index contributed by atoms with van der Waals surface area (Å²) in [5.41, 5.74) is 10.1. The highest BCUT2D eigenvalue weighted by Gasteiger charge is 2.17. The Labute approximate surface area is 274 Å². The van der Waals surface area contributed by atoms with Crippen LogP contribution in [0.4, 0.5) is 0 Å². The summed E-state index contributed by atoms with van der Waals surface area (Å²) in [6.07, 6.45) is 0. The van der Waals surface area contributed by atoms with E-state index < -0.39 is 0 Å². The monoisotopic (exact) mass is 640 g/mol. The van der Waals surface area contributed by atoms with Crippen molar-refractivity contribution >= 4 is 23.2 Å². The van der Waals surface area contributed by atoms with E-state index in [0.717, 1.165) is 72.4 Å². The Hall–Kier alpha value is -4.59. The van der Waals surface area contributed by atoms with Crippen LogP contribution in [0, 0.1) is 6.92 Å². The van der Waals surface area contributed by atoms with Crippen LogP contribution in [0.2, 0.25) is 0 Å². The molecule has 0 aliphatic rings. The first-order valence-electron chi connectivity index (χ1n) is 15.1. The maximum absolute atomic E-state index is 12.5. The van der Waals surface area contributed by atoms with E-state index in [2.05, 4.69) is 58.0 Å². The molecule has 1 unspecified atom stereocenters. The molecule has 6 rings (SSSR count). The van der Waals surface area contributed by atoms with Gasteiger partial charge in [0.1, 0.15) is 18.1 Å². The van der Waals surface area contributed by atoms with Gasteiger partial charge < -0.3 is 14.0 Å². The van der Waals surface area contributed by atoms with E-state index in [9.17, 15) is 4.57 Å². The van der Waals surface area contributed by atoms with Gasteiger partial charge in [0.2, 0.25) is 0 Å². The van der Waals surface area contributed by atoms with Crippen molar-refractivity contribution in [2.24, 2.45) is 0 Å². The van der Waals surface area contributed by atoms with Gasteiger partial charge in [0.25, 0.3) is 0 Å². The average Bonchev–Trinajstić information content (AvgIpc) is 3.12. The quantitative estimate of drug-likeness (QED) is 0.0987. The molecule has 6 aromatic rings. The SMILES string of the molecule is Cc1ccc(OCCOCc2ccccc2-c2cccc(-c3ccccc3)c2OP)c(-c2cccc(-c3ccccc3)c2P=O)c1. The molecular weight excluding hydrogens is 606 g/mol. The molecule has 0 amide bonds. The molecule has 4 nitrogen and oxygen atoms in total. The largest absolute Gasteiger partial charge is 0.491 e. The highest BCUT2D eigenvalue weighted by molar-refractivity contribution is 7.35. The molecule has 6 heteroatoms. The van der Waals surface area contributed by atoms with Gasteiger partial charge in [-0.3, -0.25) is 4.57 Å². The molecule has 0 radical (unpaired) electrons. The van der Waals surface area contributed by atoms with E-state index >= 15 is 0 Å². The van der Waals surface area contributed by atoms with Gasteiger partial charge in [-0.1, -0.05) is 133 Å². The maximum Gasteiger partial charge on any atom is 0.193 e. The summed E-state index contributed by atoms with van der Waals surface area (Å²) in [5, 5.41) is 0.738. The van der Waals surface area contributed by atoms with Gasteiger partial charge in [-0.2, -0.15) is 0 Å². The zero-order chi connectivity index (χ0) is 31.7. The van der Waals surface area contributed by atoms with E-state index in [4.69, 9.17) is 14.0 Å². The van der Waals surface area contributed by atoms with Gasteiger partial charge in [0, 0.05) is 22.3 Å². The molecule has 0 aliphatic heterocycles. The lowest BCUT2D eigenvalue weighted by atomic mass is 9.94. The molecule has 0 fully saturated rings. The Bertz CT molecular complexity index is 1940. The molecule has 46 heavy (non-hydrogen) atoms. The zero-order valence-electron chi connectivity index (χ0n) is 25.6. The first kappa shape index (κ1) is 31.4. The van der Waals surface area contributed by atoms with Crippen molar-refractivity contribution in [3.8, 4) is 56.0 Å². The molecule has 6 aromatic carbocycles. The second-order valence-electron chi connectivity index (χ2n) is 10.9. The van der Waals surface area contributed by atoms with Crippen molar-refractivity contribution in [2.45, 2.75) is 13.5 Å². The van der Waals surface area contributed by atoms with Crippen LogP contribution >= 0.6 is 17.9 Å². The van der Waals surface area contributed by atoms with Crippen molar-refractivity contribution in [3.05, 3.63) is 151 Å². The molecule has 0 heterocycles. The van der Waals surface area contributed by atoms with E-state index in [0.29, 0.717) is 19.8 Å². The number of hydrogen-bond donors (Lipinski definition) is 0. The predicted octanol–water partition coefficient (Wildman–Crippen LogP) is 10.3. The lowest BCUT2D eigenvalue weighted by Gasteiger charge is -2.17. The molecule has 0 N–H and O–H groups in total. The third kappa shape index (κ3) is 6.96. The van der Waals surface area contributed by atoms with Crippen LogP contribution in [0.15, 0.2) is 140 Å². The van der Waals surface area contributed by atoms with Crippen LogP contribution in [-0.2, 0) is 15.9 Å². The Morgan fingerprint density at radius 3 is 1.91 bits per heavy atom. The smallest absolute Gasteiger partial charge is 0.193 e. The molecule has 0 aromatic heterocycles. The lowest BCUT2D eigenvalue weighted by molar-refractivity contribution is 0.0893. The minimum Gasteiger partial charge on any atom is -0.491 e. The molecule has 0 saturated carbocycles. The van der Waals surface area contributed by atoms with Crippen LogP contribution in [0.5, 0.6) is 11.5 Å². The van der Waals surface area contributed by atoms with Crippen molar-refractivity contribution in [1.82, 2.24) is 0 Å². The Morgan fingerprint density at radius 2 is 1.20 bits per heavy atom. The minimum atomic E-state index is -0.0446. The van der Waals surface area contributed by atoms with Gasteiger partial charge in [-0.05, 0) is 46.9 Å². The van der Waals surface area contributed by atoms with Gasteiger partial charge >= 0.3 is 0 Å². The summed E-state index contributed by atoms with van der Waals surface area (Å²) in [6.45, 7) is 3.23. The topological polar surface area (TPSA) is 44.8 Å². The van der Waals surface area contributed by atoms with E-state index in [-0.39, 0.29) is 8.46 Å². The molecule has 1 atom stereocenters. The van der Waals surface area contributed by atoms with Crippen molar-refractivity contribution < 1.29 is 18.6 Å². The van der Waals surface area contributed by atoms with E-state index in [1.54, 1.807) is 0 Å². The summed E-state index contributed by atoms with van der Waals surface area (Å²) >= 11 is 0. The van der Waals surface area contributed by atoms with Crippen molar-refractivity contribution in [2.75, 3.05) is 13.2 Å². The fourth-order valence-corrected chi connectivity index (χ4v) is 6.56. The highest BCUT2D eigenvalue weighted by atomic mass is 31.1. The zero-order valence-corrected chi connectivity index (χ0v) is 27.6. The average molecular weight is 641 g/mol. The maximum atomic E-state index is 12.5. The number of ether oxygens (including phenoxy) is 2. The standard InChI is InChI=1S/C40H34O4P2/c1-28-22-23-38(37(26-28)36-21-11-19-34(40(36)46-41)30-14-6-3-7-15-30)43-25-24-42-27-31-16-8-9-17-32(31)35-20-10-18-33(39(35)44-45)29-12-4-2-5-13-29/h2-23,26H,24-25,27,45H2,1H3. The van der Waals surface area contributed by atoms with Crippen molar-refractivity contribution in [3.63, 3.8) is 0 Å². The van der Waals surface area contributed by atoms with Gasteiger partial charge in [-0.25, -0.2) is 0 Å². The molecule has 228 valence electrons. The van der Waals surface area contributed by atoms with Crippen molar-refractivity contribution in [1.29, 1.82) is 0 Å². The Balaban J connectivity index is 1.18. The van der Waals surface area contributed by atoms with E-state index in [1.165, 1.54) is 0 Å². The van der Waals surface area contributed by atoms with Gasteiger partial charge in [0.15, 0.2) is 8.46 Å². The van der Waals surface area contributed by atoms with Crippen LogP contribution < -0.4 is 14.6 Å². The third-order valence-electron chi connectivity index (χ3n) is 7.91. The van der Waals surface area contributed by atoms with Crippen LogP contribution in [0.25, 0.3) is 44.5 Å². The lowest BCUT2D eigenvalue weighted by Crippen LogP contribution is -2.09. The molecular formula is C40H34O4P2. The normalized spacial score (nSPS) is 11.0. The number of benzene rings is 6. The van der Waals surface area contributed by atoms with E-state index in [1.807, 2.05) is 97.9 Å². The van der Waals surface area contributed by atoms with Crippen LogP contribution in [0.1, 0.15) is 11.1 Å². The Kier molecular flexibility index (Phi) is 10.3. The molecule has 0 spiro atoms. The summed E-state index contributed by atoms with van der Waals surface area (Å²) in [6, 6.07) is 46.8. The summed E-state index contributed by atoms with van der Waals surface area (Å²) in [5.74, 6) is 1.53. The molecule has 0 aliphatic carbocycles. The van der Waals surface area contributed by atoms with Gasteiger partial charge in [0.05, 0.1) is 28.0 Å². The third-order valence-corrected chi connectivity index (χ3v) is 8.81.